The van der Waals surface area contributed by atoms with E-state index in [-0.39, 0.29) is 11.3 Å². The largest absolute Gasteiger partial charge is 0.496 e. The van der Waals surface area contributed by atoms with Crippen molar-refractivity contribution in [2.75, 3.05) is 28.4 Å². The van der Waals surface area contributed by atoms with Gasteiger partial charge in [-0.2, -0.15) is 0 Å². The first-order valence-electron chi connectivity index (χ1n) is 6.91. The fourth-order valence-corrected chi connectivity index (χ4v) is 1.74. The zero-order chi connectivity index (χ0) is 18.3. The Morgan fingerprint density at radius 2 is 1.50 bits per heavy atom. The summed E-state index contributed by atoms with van der Waals surface area (Å²) in [5.41, 5.74) is 0.0507. The SMILES string of the molecule is CNC(=O)NC(=O)[C@H](C)OC(=O)c1cc(OC)c(OC)cc1OC. The van der Waals surface area contributed by atoms with Crippen molar-refractivity contribution in [2.45, 2.75) is 13.0 Å². The molecule has 0 aliphatic carbocycles. The quantitative estimate of drug-likeness (QED) is 0.734. The van der Waals surface area contributed by atoms with E-state index in [1.165, 1.54) is 47.4 Å². The summed E-state index contributed by atoms with van der Waals surface area (Å²) in [6, 6.07) is 2.14. The molecule has 2 N–H and O–H groups in total. The van der Waals surface area contributed by atoms with Crippen LogP contribution in [0.5, 0.6) is 17.2 Å². The molecule has 1 atom stereocenters. The van der Waals surface area contributed by atoms with E-state index in [9.17, 15) is 14.4 Å². The highest BCUT2D eigenvalue weighted by molar-refractivity contribution is 5.99. The van der Waals surface area contributed by atoms with Gasteiger partial charge in [0.2, 0.25) is 0 Å². The molecule has 0 aliphatic rings. The molecule has 9 nitrogen and oxygen atoms in total. The average Bonchev–Trinajstić information content (AvgIpc) is 2.59. The van der Waals surface area contributed by atoms with E-state index in [0.717, 1.165) is 0 Å². The van der Waals surface area contributed by atoms with Crippen LogP contribution in [0.2, 0.25) is 0 Å². The Kier molecular flexibility index (Phi) is 6.84. The number of amides is 3. The van der Waals surface area contributed by atoms with Crippen LogP contribution in [0.1, 0.15) is 17.3 Å². The number of urea groups is 1. The highest BCUT2D eigenvalue weighted by Gasteiger charge is 2.24. The molecular weight excluding hydrogens is 320 g/mol. The normalized spacial score (nSPS) is 11.0. The van der Waals surface area contributed by atoms with Gasteiger partial charge in [-0.05, 0) is 6.92 Å². The van der Waals surface area contributed by atoms with Gasteiger partial charge in [0.1, 0.15) is 11.3 Å². The smallest absolute Gasteiger partial charge is 0.342 e. The highest BCUT2D eigenvalue weighted by atomic mass is 16.6. The summed E-state index contributed by atoms with van der Waals surface area (Å²) >= 11 is 0. The van der Waals surface area contributed by atoms with Crippen LogP contribution in [0.3, 0.4) is 0 Å². The van der Waals surface area contributed by atoms with Crippen LogP contribution in [-0.4, -0.2) is 52.4 Å². The lowest BCUT2D eigenvalue weighted by atomic mass is 10.1. The maximum atomic E-state index is 12.3. The molecule has 3 amide bonds. The number of benzene rings is 1. The fraction of sp³-hybridized carbons (Fsp3) is 0.400. The zero-order valence-electron chi connectivity index (χ0n) is 14.1. The lowest BCUT2D eigenvalue weighted by Gasteiger charge is -2.16. The Morgan fingerprint density at radius 3 is 2.00 bits per heavy atom. The number of methoxy groups -OCH3 is 3. The molecule has 0 spiro atoms. The van der Waals surface area contributed by atoms with Crippen LogP contribution in [-0.2, 0) is 9.53 Å². The summed E-state index contributed by atoms with van der Waals surface area (Å²) in [5.74, 6) is -0.713. The van der Waals surface area contributed by atoms with Crippen molar-refractivity contribution in [3.8, 4) is 17.2 Å². The van der Waals surface area contributed by atoms with E-state index in [1.54, 1.807) is 0 Å². The molecule has 1 aromatic carbocycles. The molecule has 0 saturated carbocycles. The summed E-state index contributed by atoms with van der Waals surface area (Å²) in [4.78, 5) is 35.1. The topological polar surface area (TPSA) is 112 Å². The van der Waals surface area contributed by atoms with Gasteiger partial charge >= 0.3 is 12.0 Å². The molecule has 0 aromatic heterocycles. The van der Waals surface area contributed by atoms with Crippen molar-refractivity contribution in [1.29, 1.82) is 0 Å². The van der Waals surface area contributed by atoms with E-state index in [4.69, 9.17) is 18.9 Å². The molecule has 1 rings (SSSR count). The van der Waals surface area contributed by atoms with Crippen molar-refractivity contribution in [2.24, 2.45) is 0 Å². The van der Waals surface area contributed by atoms with E-state index in [1.807, 2.05) is 5.32 Å². The number of rotatable bonds is 6. The second-order valence-electron chi connectivity index (χ2n) is 4.52. The Balaban J connectivity index is 2.98. The van der Waals surface area contributed by atoms with E-state index in [2.05, 4.69) is 5.32 Å². The van der Waals surface area contributed by atoms with Crippen LogP contribution >= 0.6 is 0 Å². The van der Waals surface area contributed by atoms with Crippen molar-refractivity contribution < 1.29 is 33.3 Å². The molecule has 0 heterocycles. The van der Waals surface area contributed by atoms with Crippen LogP contribution in [0.4, 0.5) is 4.79 Å². The summed E-state index contributed by atoms with van der Waals surface area (Å²) in [6.07, 6.45) is -1.19. The van der Waals surface area contributed by atoms with Gasteiger partial charge in [-0.3, -0.25) is 10.1 Å². The molecule has 0 unspecified atom stereocenters. The van der Waals surface area contributed by atoms with Gasteiger partial charge in [0, 0.05) is 19.2 Å². The second kappa shape index (κ2) is 8.61. The second-order valence-corrected chi connectivity index (χ2v) is 4.52. The van der Waals surface area contributed by atoms with E-state index in [0.29, 0.717) is 11.5 Å². The monoisotopic (exact) mass is 340 g/mol. The standard InChI is InChI=1S/C15H20N2O7/c1-8(13(18)17-15(20)16-2)24-14(19)9-6-11(22-4)12(23-5)7-10(9)21-3/h6-8H,1-5H3,(H2,16,17,18,20)/t8-/m0/s1. The molecular formula is C15H20N2O7. The number of carbonyl (C=O) groups excluding carboxylic acids is 3. The maximum Gasteiger partial charge on any atom is 0.342 e. The lowest BCUT2D eigenvalue weighted by molar-refractivity contribution is -0.127. The van der Waals surface area contributed by atoms with E-state index < -0.39 is 24.0 Å². The van der Waals surface area contributed by atoms with Crippen LogP contribution < -0.4 is 24.8 Å². The summed E-state index contributed by atoms with van der Waals surface area (Å²) in [5, 5.41) is 4.23. The van der Waals surface area contributed by atoms with Crippen molar-refractivity contribution in [3.05, 3.63) is 17.7 Å². The van der Waals surface area contributed by atoms with E-state index >= 15 is 0 Å². The van der Waals surface area contributed by atoms with Crippen LogP contribution in [0.25, 0.3) is 0 Å². The van der Waals surface area contributed by atoms with Crippen LogP contribution in [0.15, 0.2) is 12.1 Å². The molecule has 24 heavy (non-hydrogen) atoms. The maximum absolute atomic E-state index is 12.3. The average molecular weight is 340 g/mol. The first-order valence-corrected chi connectivity index (χ1v) is 6.91. The number of ether oxygens (including phenoxy) is 4. The Morgan fingerprint density at radius 1 is 0.958 bits per heavy atom. The number of hydrogen-bond donors (Lipinski definition) is 2. The minimum Gasteiger partial charge on any atom is -0.496 e. The highest BCUT2D eigenvalue weighted by Crippen LogP contribution is 2.35. The Bertz CT molecular complexity index is 630. The lowest BCUT2D eigenvalue weighted by Crippen LogP contribution is -2.43. The predicted molar refractivity (Wildman–Crippen MR) is 83.6 cm³/mol. The zero-order valence-corrected chi connectivity index (χ0v) is 14.1. The summed E-state index contributed by atoms with van der Waals surface area (Å²) in [6.45, 7) is 1.34. The minimum absolute atomic E-state index is 0.0507. The predicted octanol–water partition coefficient (Wildman–Crippen LogP) is 0.713. The molecule has 9 heteroatoms. The van der Waals surface area contributed by atoms with Gasteiger partial charge in [-0.1, -0.05) is 0 Å². The molecule has 0 radical (unpaired) electrons. The number of imide groups is 1. The Hall–Kier alpha value is -2.97. The first kappa shape index (κ1) is 19.1. The Labute approximate surface area is 139 Å². The van der Waals surface area contributed by atoms with Gasteiger partial charge in [0.05, 0.1) is 21.3 Å². The summed E-state index contributed by atoms with van der Waals surface area (Å²) in [7, 11) is 5.59. The molecule has 0 bridgehead atoms. The van der Waals surface area contributed by atoms with Crippen molar-refractivity contribution >= 4 is 17.9 Å². The third-order valence-corrected chi connectivity index (χ3v) is 3.04. The van der Waals surface area contributed by atoms with Gasteiger partial charge in [0.15, 0.2) is 17.6 Å². The number of carbonyl (C=O) groups is 3. The van der Waals surface area contributed by atoms with Crippen LogP contribution in [0, 0.1) is 0 Å². The van der Waals surface area contributed by atoms with Crippen molar-refractivity contribution in [1.82, 2.24) is 10.6 Å². The number of nitrogens with one attached hydrogen (secondary N) is 2. The van der Waals surface area contributed by atoms with Gasteiger partial charge < -0.3 is 24.3 Å². The van der Waals surface area contributed by atoms with Crippen molar-refractivity contribution in [3.63, 3.8) is 0 Å². The fourth-order valence-electron chi connectivity index (χ4n) is 1.74. The molecule has 0 saturated heterocycles. The molecule has 0 fully saturated rings. The van der Waals surface area contributed by atoms with Gasteiger partial charge in [-0.25, -0.2) is 9.59 Å². The first-order chi connectivity index (χ1) is 11.4. The number of esters is 1. The minimum atomic E-state index is -1.19. The molecule has 0 aliphatic heterocycles. The van der Waals surface area contributed by atoms with Gasteiger partial charge in [0.25, 0.3) is 5.91 Å². The third-order valence-electron chi connectivity index (χ3n) is 3.04. The summed E-state index contributed by atoms with van der Waals surface area (Å²) < 4.78 is 20.4. The molecule has 1 aromatic rings. The van der Waals surface area contributed by atoms with Gasteiger partial charge in [-0.15, -0.1) is 0 Å². The third kappa shape index (κ3) is 4.51. The number of hydrogen-bond acceptors (Lipinski definition) is 7. The molecule has 132 valence electrons.